The number of amides is 1. The number of hydrogen-bond donors (Lipinski definition) is 1. The van der Waals surface area contributed by atoms with Crippen molar-refractivity contribution in [2.75, 3.05) is 0 Å². The van der Waals surface area contributed by atoms with Gasteiger partial charge in [0.1, 0.15) is 11.5 Å². The standard InChI is InChI=1S/C25H18BrN3O4/c26-19-11-13-21(22(15-19)29(31)32)23-14-12-20(33-23)16-27-28-25(30)24(17-7-3-1-4-8-17)18-9-5-2-6-10-18/h1-16,24H,(H,28,30)/b27-16-. The Labute approximate surface area is 198 Å². The molecule has 7 nitrogen and oxygen atoms in total. The van der Waals surface area contributed by atoms with Crippen LogP contribution in [0.3, 0.4) is 0 Å². The van der Waals surface area contributed by atoms with E-state index >= 15 is 0 Å². The Bertz CT molecular complexity index is 1260. The molecule has 8 heteroatoms. The zero-order valence-electron chi connectivity index (χ0n) is 17.2. The summed E-state index contributed by atoms with van der Waals surface area (Å²) in [5.74, 6) is -0.145. The first kappa shape index (κ1) is 22.2. The highest BCUT2D eigenvalue weighted by Gasteiger charge is 2.22. The van der Waals surface area contributed by atoms with Gasteiger partial charge in [-0.15, -0.1) is 0 Å². The van der Waals surface area contributed by atoms with Crippen LogP contribution >= 0.6 is 15.9 Å². The van der Waals surface area contributed by atoms with Gasteiger partial charge >= 0.3 is 0 Å². The third-order valence-corrected chi connectivity index (χ3v) is 5.44. The van der Waals surface area contributed by atoms with Gasteiger partial charge in [-0.25, -0.2) is 5.43 Å². The van der Waals surface area contributed by atoms with Gasteiger partial charge in [0.25, 0.3) is 11.6 Å². The van der Waals surface area contributed by atoms with Gasteiger partial charge < -0.3 is 4.42 Å². The normalized spacial score (nSPS) is 11.1. The SMILES string of the molecule is O=C(N/N=C\c1ccc(-c2ccc(Br)cc2[N+](=O)[O-])o1)C(c1ccccc1)c1ccccc1. The van der Waals surface area contributed by atoms with Crippen LogP contribution in [0, 0.1) is 10.1 Å². The number of nitro benzene ring substituents is 1. The first-order valence-electron chi connectivity index (χ1n) is 10.00. The predicted molar refractivity (Wildman–Crippen MR) is 129 cm³/mol. The van der Waals surface area contributed by atoms with Crippen LogP contribution in [0.2, 0.25) is 0 Å². The second-order valence-corrected chi connectivity index (χ2v) is 8.02. The van der Waals surface area contributed by atoms with Crippen molar-refractivity contribution in [3.8, 4) is 11.3 Å². The summed E-state index contributed by atoms with van der Waals surface area (Å²) in [7, 11) is 0. The summed E-state index contributed by atoms with van der Waals surface area (Å²) in [6.45, 7) is 0. The van der Waals surface area contributed by atoms with Gasteiger partial charge in [-0.05, 0) is 35.4 Å². The molecule has 0 atom stereocenters. The third kappa shape index (κ3) is 5.24. The van der Waals surface area contributed by atoms with Crippen LogP contribution in [0.25, 0.3) is 11.3 Å². The fourth-order valence-corrected chi connectivity index (χ4v) is 3.79. The van der Waals surface area contributed by atoms with Crippen LogP contribution in [0.15, 0.2) is 105 Å². The topological polar surface area (TPSA) is 97.7 Å². The first-order chi connectivity index (χ1) is 16.0. The minimum atomic E-state index is -0.526. The van der Waals surface area contributed by atoms with Gasteiger partial charge in [-0.2, -0.15) is 5.10 Å². The van der Waals surface area contributed by atoms with Gasteiger partial charge in [0, 0.05) is 10.5 Å². The Kier molecular flexibility index (Phi) is 6.75. The molecule has 0 saturated carbocycles. The van der Waals surface area contributed by atoms with Crippen LogP contribution < -0.4 is 5.43 Å². The summed E-state index contributed by atoms with van der Waals surface area (Å²) in [4.78, 5) is 23.9. The zero-order valence-corrected chi connectivity index (χ0v) is 18.8. The Hall–Kier alpha value is -4.04. The average Bonchev–Trinajstić information content (AvgIpc) is 3.29. The molecule has 164 valence electrons. The molecule has 1 amide bonds. The summed E-state index contributed by atoms with van der Waals surface area (Å²) in [5.41, 5.74) is 4.53. The number of nitrogens with one attached hydrogen (secondary N) is 1. The average molecular weight is 504 g/mol. The van der Waals surface area contributed by atoms with E-state index in [1.165, 1.54) is 12.3 Å². The minimum Gasteiger partial charge on any atom is -0.455 e. The molecule has 0 aliphatic carbocycles. The predicted octanol–water partition coefficient (Wildman–Crippen LogP) is 5.90. The Morgan fingerprint density at radius 3 is 2.21 bits per heavy atom. The highest BCUT2D eigenvalue weighted by atomic mass is 79.9. The van der Waals surface area contributed by atoms with E-state index in [0.717, 1.165) is 11.1 Å². The molecule has 0 bridgehead atoms. The lowest BCUT2D eigenvalue weighted by Crippen LogP contribution is -2.26. The molecule has 0 aliphatic heterocycles. The number of carbonyl (C=O) groups is 1. The molecule has 0 unspecified atom stereocenters. The van der Waals surface area contributed by atoms with E-state index in [0.29, 0.717) is 21.6 Å². The lowest BCUT2D eigenvalue weighted by atomic mass is 9.91. The summed E-state index contributed by atoms with van der Waals surface area (Å²) in [6.07, 6.45) is 1.36. The molecule has 0 saturated heterocycles. The van der Waals surface area contributed by atoms with Crippen LogP contribution in [0.1, 0.15) is 22.8 Å². The molecule has 1 heterocycles. The number of benzene rings is 3. The molecule has 3 aromatic carbocycles. The van der Waals surface area contributed by atoms with E-state index < -0.39 is 10.8 Å². The quantitative estimate of drug-likeness (QED) is 0.193. The number of furan rings is 1. The molecule has 0 spiro atoms. The molecule has 0 aliphatic rings. The lowest BCUT2D eigenvalue weighted by molar-refractivity contribution is -0.384. The summed E-state index contributed by atoms with van der Waals surface area (Å²) < 4.78 is 6.29. The van der Waals surface area contributed by atoms with Gasteiger partial charge in [-0.1, -0.05) is 76.6 Å². The number of rotatable bonds is 7. The number of nitro groups is 1. The van der Waals surface area contributed by atoms with E-state index in [2.05, 4.69) is 26.5 Å². The zero-order chi connectivity index (χ0) is 23.2. The van der Waals surface area contributed by atoms with Crippen LogP contribution in [-0.2, 0) is 4.79 Å². The van der Waals surface area contributed by atoms with Gasteiger partial charge in [-0.3, -0.25) is 14.9 Å². The van der Waals surface area contributed by atoms with Crippen LogP contribution in [0.5, 0.6) is 0 Å². The summed E-state index contributed by atoms with van der Waals surface area (Å²) >= 11 is 3.24. The maximum atomic E-state index is 13.0. The molecule has 4 rings (SSSR count). The number of hydrogen-bond acceptors (Lipinski definition) is 5. The Morgan fingerprint density at radius 2 is 1.61 bits per heavy atom. The second kappa shape index (κ2) is 10.1. The van der Waals surface area contributed by atoms with Crippen LogP contribution in [-0.4, -0.2) is 17.0 Å². The van der Waals surface area contributed by atoms with Crippen molar-refractivity contribution in [3.05, 3.63) is 122 Å². The van der Waals surface area contributed by atoms with E-state index in [9.17, 15) is 14.9 Å². The maximum Gasteiger partial charge on any atom is 0.281 e. The Balaban J connectivity index is 1.52. The number of carbonyl (C=O) groups excluding carboxylic acids is 1. The number of hydrazone groups is 1. The second-order valence-electron chi connectivity index (χ2n) is 7.11. The van der Waals surface area contributed by atoms with Crippen molar-refractivity contribution in [3.63, 3.8) is 0 Å². The van der Waals surface area contributed by atoms with Gasteiger partial charge in [0.2, 0.25) is 0 Å². The molecular weight excluding hydrogens is 486 g/mol. The van der Waals surface area contributed by atoms with Crippen molar-refractivity contribution in [1.29, 1.82) is 0 Å². The van der Waals surface area contributed by atoms with Crippen molar-refractivity contribution in [1.82, 2.24) is 5.43 Å². The first-order valence-corrected chi connectivity index (χ1v) is 10.8. The van der Waals surface area contributed by atoms with E-state index in [1.807, 2.05) is 60.7 Å². The third-order valence-electron chi connectivity index (χ3n) is 4.94. The van der Waals surface area contributed by atoms with Crippen molar-refractivity contribution >= 4 is 33.7 Å². The van der Waals surface area contributed by atoms with Crippen LogP contribution in [0.4, 0.5) is 5.69 Å². The van der Waals surface area contributed by atoms with E-state index in [1.54, 1.807) is 24.3 Å². The highest BCUT2D eigenvalue weighted by Crippen LogP contribution is 2.33. The summed E-state index contributed by atoms with van der Waals surface area (Å²) in [5, 5.41) is 15.4. The lowest BCUT2D eigenvalue weighted by Gasteiger charge is -2.16. The molecule has 1 aromatic heterocycles. The highest BCUT2D eigenvalue weighted by molar-refractivity contribution is 9.10. The molecular formula is C25H18BrN3O4. The molecule has 0 radical (unpaired) electrons. The largest absolute Gasteiger partial charge is 0.455 e. The smallest absolute Gasteiger partial charge is 0.281 e. The number of nitrogens with zero attached hydrogens (tertiary/aromatic N) is 2. The van der Waals surface area contributed by atoms with E-state index in [-0.39, 0.29) is 11.6 Å². The minimum absolute atomic E-state index is 0.0796. The van der Waals surface area contributed by atoms with Crippen molar-refractivity contribution in [2.24, 2.45) is 5.10 Å². The van der Waals surface area contributed by atoms with Crippen molar-refractivity contribution in [2.45, 2.75) is 5.92 Å². The molecule has 33 heavy (non-hydrogen) atoms. The van der Waals surface area contributed by atoms with E-state index in [4.69, 9.17) is 4.42 Å². The fraction of sp³-hybridized carbons (Fsp3) is 0.0400. The summed E-state index contributed by atoms with van der Waals surface area (Å²) in [6, 6.07) is 26.9. The Morgan fingerprint density at radius 1 is 0.970 bits per heavy atom. The monoisotopic (exact) mass is 503 g/mol. The molecule has 0 fully saturated rings. The maximum absolute atomic E-state index is 13.0. The van der Waals surface area contributed by atoms with Gasteiger partial charge in [0.05, 0.1) is 22.6 Å². The van der Waals surface area contributed by atoms with Crippen molar-refractivity contribution < 1.29 is 14.1 Å². The molecule has 4 aromatic rings. The number of halogens is 1. The molecule has 1 N–H and O–H groups in total. The van der Waals surface area contributed by atoms with Gasteiger partial charge in [0.15, 0.2) is 0 Å². The fourth-order valence-electron chi connectivity index (χ4n) is 3.44.